The third kappa shape index (κ3) is 1.54. The summed E-state index contributed by atoms with van der Waals surface area (Å²) in [6.07, 6.45) is 2.05. The van der Waals surface area contributed by atoms with Gasteiger partial charge in [-0.15, -0.1) is 0 Å². The molecule has 0 radical (unpaired) electrons. The number of halogens is 1. The van der Waals surface area contributed by atoms with Crippen molar-refractivity contribution in [3.63, 3.8) is 0 Å². The fourth-order valence-corrected chi connectivity index (χ4v) is 2.58. The average Bonchev–Trinajstić information content (AvgIpc) is 2.57. The van der Waals surface area contributed by atoms with Gasteiger partial charge in [0.05, 0.1) is 11.6 Å². The van der Waals surface area contributed by atoms with Crippen molar-refractivity contribution in [1.82, 2.24) is 4.57 Å². The van der Waals surface area contributed by atoms with Gasteiger partial charge in [-0.3, -0.25) is 0 Å². The molecule has 0 atom stereocenters. The van der Waals surface area contributed by atoms with Gasteiger partial charge in [-0.25, -0.2) is 0 Å². The lowest BCUT2D eigenvalue weighted by molar-refractivity contribution is 0.413. The van der Waals surface area contributed by atoms with E-state index in [2.05, 4.69) is 26.7 Å². The number of fused-ring (bicyclic) bond motifs is 1. The third-order valence-electron chi connectivity index (χ3n) is 2.57. The zero-order valence-corrected chi connectivity index (χ0v) is 10.3. The van der Waals surface area contributed by atoms with Crippen LogP contribution in [-0.2, 0) is 13.6 Å². The van der Waals surface area contributed by atoms with Crippen LogP contribution in [0, 0.1) is 0 Å². The Morgan fingerprint density at radius 2 is 2.20 bits per heavy atom. The van der Waals surface area contributed by atoms with Crippen LogP contribution in [0.15, 0.2) is 22.8 Å². The molecule has 4 heteroatoms. The van der Waals surface area contributed by atoms with Crippen molar-refractivity contribution in [3.8, 4) is 5.75 Å². The molecule has 0 saturated heterocycles. The lowest BCUT2D eigenvalue weighted by Gasteiger charge is -2.05. The zero-order chi connectivity index (χ0) is 11.0. The number of hydrogen-bond acceptors (Lipinski definition) is 2. The fourth-order valence-electron chi connectivity index (χ4n) is 1.83. The Hall–Kier alpha value is -1.00. The topological polar surface area (TPSA) is 40.2 Å². The number of nitrogens with two attached hydrogens (primary N) is 1. The molecule has 0 fully saturated rings. The smallest absolute Gasteiger partial charge is 0.133 e. The Balaban J connectivity index is 2.83. The van der Waals surface area contributed by atoms with Crippen molar-refractivity contribution >= 4 is 26.8 Å². The minimum absolute atomic E-state index is 0.531. The average molecular weight is 269 g/mol. The maximum Gasteiger partial charge on any atom is 0.133 e. The molecule has 0 aliphatic rings. The summed E-state index contributed by atoms with van der Waals surface area (Å²) in [7, 11) is 3.68. The van der Waals surface area contributed by atoms with Crippen molar-refractivity contribution in [3.05, 3.63) is 28.4 Å². The molecule has 15 heavy (non-hydrogen) atoms. The Bertz CT molecular complexity index is 505. The molecule has 0 bridgehead atoms. The number of rotatable bonds is 2. The second-order valence-corrected chi connectivity index (χ2v) is 4.24. The number of aryl methyl sites for hydroxylation is 1. The van der Waals surface area contributed by atoms with Gasteiger partial charge in [0.1, 0.15) is 5.75 Å². The molecular weight excluding hydrogens is 256 g/mol. The molecule has 2 rings (SSSR count). The molecule has 1 aromatic heterocycles. The van der Waals surface area contributed by atoms with E-state index < -0.39 is 0 Å². The predicted molar refractivity (Wildman–Crippen MR) is 65.1 cm³/mol. The molecule has 2 aromatic rings. The second kappa shape index (κ2) is 3.87. The van der Waals surface area contributed by atoms with Crippen molar-refractivity contribution in [2.24, 2.45) is 12.8 Å². The van der Waals surface area contributed by atoms with Crippen LogP contribution >= 0.6 is 15.9 Å². The molecule has 1 aromatic carbocycles. The Morgan fingerprint density at radius 1 is 1.47 bits per heavy atom. The van der Waals surface area contributed by atoms with Gasteiger partial charge in [-0.1, -0.05) is 0 Å². The van der Waals surface area contributed by atoms with Crippen LogP contribution in [0.2, 0.25) is 0 Å². The summed E-state index contributed by atoms with van der Waals surface area (Å²) in [5.41, 5.74) is 7.99. The van der Waals surface area contributed by atoms with Crippen molar-refractivity contribution in [1.29, 1.82) is 0 Å². The van der Waals surface area contributed by atoms with Crippen LogP contribution in [0.1, 0.15) is 5.56 Å². The summed E-state index contributed by atoms with van der Waals surface area (Å²) in [5.74, 6) is 0.836. The van der Waals surface area contributed by atoms with E-state index >= 15 is 0 Å². The van der Waals surface area contributed by atoms with Crippen molar-refractivity contribution in [2.75, 3.05) is 7.11 Å². The number of ether oxygens (including phenoxy) is 1. The van der Waals surface area contributed by atoms with E-state index in [1.165, 1.54) is 0 Å². The first-order valence-electron chi connectivity index (χ1n) is 4.69. The number of benzene rings is 1. The molecule has 0 spiro atoms. The quantitative estimate of drug-likeness (QED) is 0.909. The predicted octanol–water partition coefficient (Wildman–Crippen LogP) is 2.41. The maximum absolute atomic E-state index is 5.71. The lowest BCUT2D eigenvalue weighted by atomic mass is 10.1. The van der Waals surface area contributed by atoms with E-state index in [-0.39, 0.29) is 0 Å². The number of nitrogens with zero attached hydrogens (tertiary/aromatic N) is 1. The minimum atomic E-state index is 0.531. The van der Waals surface area contributed by atoms with E-state index in [9.17, 15) is 0 Å². The highest BCUT2D eigenvalue weighted by atomic mass is 79.9. The van der Waals surface area contributed by atoms with Gasteiger partial charge in [0.25, 0.3) is 0 Å². The van der Waals surface area contributed by atoms with Gasteiger partial charge >= 0.3 is 0 Å². The molecule has 80 valence electrons. The highest BCUT2D eigenvalue weighted by molar-refractivity contribution is 9.10. The number of methoxy groups -OCH3 is 1. The van der Waals surface area contributed by atoms with Crippen LogP contribution in [0.3, 0.4) is 0 Å². The SMILES string of the molecule is COc1ccc2c(c(CN)cn2C)c1Br. The normalized spacial score (nSPS) is 10.9. The van der Waals surface area contributed by atoms with Crippen LogP contribution in [-0.4, -0.2) is 11.7 Å². The van der Waals surface area contributed by atoms with Gasteiger partial charge in [-0.2, -0.15) is 0 Å². The van der Waals surface area contributed by atoms with E-state index in [0.717, 1.165) is 26.7 Å². The van der Waals surface area contributed by atoms with Crippen LogP contribution in [0.5, 0.6) is 5.75 Å². The molecule has 0 saturated carbocycles. The standard InChI is InChI=1S/C11H13BrN2O/c1-14-6-7(5-13)10-8(14)3-4-9(15-2)11(10)12/h3-4,6H,5,13H2,1-2H3. The second-order valence-electron chi connectivity index (χ2n) is 3.45. The summed E-state index contributed by atoms with van der Waals surface area (Å²) < 4.78 is 8.31. The van der Waals surface area contributed by atoms with Crippen LogP contribution in [0.25, 0.3) is 10.9 Å². The Labute approximate surface area is 96.9 Å². The van der Waals surface area contributed by atoms with Crippen LogP contribution < -0.4 is 10.5 Å². The molecule has 0 aliphatic heterocycles. The van der Waals surface area contributed by atoms with Gasteiger partial charge in [-0.05, 0) is 33.6 Å². The Morgan fingerprint density at radius 3 is 2.80 bits per heavy atom. The first-order chi connectivity index (χ1) is 7.19. The van der Waals surface area contributed by atoms with E-state index in [1.54, 1.807) is 7.11 Å². The molecule has 2 N–H and O–H groups in total. The van der Waals surface area contributed by atoms with Gasteiger partial charge in [0.2, 0.25) is 0 Å². The molecule has 0 aliphatic carbocycles. The highest BCUT2D eigenvalue weighted by Crippen LogP contribution is 2.35. The monoisotopic (exact) mass is 268 g/mol. The molecule has 3 nitrogen and oxygen atoms in total. The molecular formula is C11H13BrN2O. The lowest BCUT2D eigenvalue weighted by Crippen LogP contribution is -1.95. The van der Waals surface area contributed by atoms with Gasteiger partial charge in [0.15, 0.2) is 0 Å². The van der Waals surface area contributed by atoms with Crippen molar-refractivity contribution in [2.45, 2.75) is 6.54 Å². The summed E-state index contributed by atoms with van der Waals surface area (Å²) >= 11 is 3.55. The largest absolute Gasteiger partial charge is 0.496 e. The minimum Gasteiger partial charge on any atom is -0.496 e. The third-order valence-corrected chi connectivity index (χ3v) is 3.36. The van der Waals surface area contributed by atoms with Crippen LogP contribution in [0.4, 0.5) is 0 Å². The zero-order valence-electron chi connectivity index (χ0n) is 8.75. The highest BCUT2D eigenvalue weighted by Gasteiger charge is 2.12. The van der Waals surface area contributed by atoms with E-state index in [0.29, 0.717) is 6.54 Å². The molecule has 1 heterocycles. The summed E-state index contributed by atoms with van der Waals surface area (Å²) in [5, 5.41) is 1.14. The fraction of sp³-hybridized carbons (Fsp3) is 0.273. The summed E-state index contributed by atoms with van der Waals surface area (Å²) in [6, 6.07) is 3.99. The maximum atomic E-state index is 5.71. The number of aromatic nitrogens is 1. The van der Waals surface area contributed by atoms with Gasteiger partial charge in [0, 0.05) is 30.7 Å². The van der Waals surface area contributed by atoms with Gasteiger partial charge < -0.3 is 15.0 Å². The molecule has 0 amide bonds. The number of hydrogen-bond donors (Lipinski definition) is 1. The first-order valence-corrected chi connectivity index (χ1v) is 5.48. The van der Waals surface area contributed by atoms with Crippen molar-refractivity contribution < 1.29 is 4.74 Å². The van der Waals surface area contributed by atoms with E-state index in [1.807, 2.05) is 19.2 Å². The Kier molecular flexibility index (Phi) is 2.71. The molecule has 0 unspecified atom stereocenters. The first kappa shape index (κ1) is 10.5. The summed E-state index contributed by atoms with van der Waals surface area (Å²) in [6.45, 7) is 0.531. The summed E-state index contributed by atoms with van der Waals surface area (Å²) in [4.78, 5) is 0. The van der Waals surface area contributed by atoms with E-state index in [4.69, 9.17) is 10.5 Å².